The first kappa shape index (κ1) is 18.7. The number of phenolic OH excluding ortho intramolecular Hbond substituents is 1. The number of carbonyl (C=O) groups excluding carboxylic acids is 1. The number of fused-ring (bicyclic) bond motifs is 2. The Morgan fingerprint density at radius 1 is 1.24 bits per heavy atom. The first-order valence-corrected chi connectivity index (χ1v) is 9.17. The minimum absolute atomic E-state index is 0.120. The van der Waals surface area contributed by atoms with E-state index in [0.29, 0.717) is 35.6 Å². The fraction of sp³-hybridized carbons (Fsp3) is 0.190. The predicted octanol–water partition coefficient (Wildman–Crippen LogP) is 3.12. The largest absolute Gasteiger partial charge is 0.506 e. The third kappa shape index (κ3) is 3.83. The van der Waals surface area contributed by atoms with Crippen molar-refractivity contribution in [2.24, 2.45) is 0 Å². The number of nitrogens with zero attached hydrogens (tertiary/aromatic N) is 3. The Morgan fingerprint density at radius 2 is 2.10 bits per heavy atom. The van der Waals surface area contributed by atoms with Crippen molar-refractivity contribution in [2.45, 2.75) is 0 Å². The number of furan rings is 1. The van der Waals surface area contributed by atoms with Crippen LogP contribution in [0, 0.1) is 0 Å². The summed E-state index contributed by atoms with van der Waals surface area (Å²) >= 11 is 0. The molecule has 0 fully saturated rings. The van der Waals surface area contributed by atoms with Gasteiger partial charge in [-0.2, -0.15) is 0 Å². The number of benzene rings is 1. The summed E-state index contributed by atoms with van der Waals surface area (Å²) in [7, 11) is 3.88. The first-order chi connectivity index (χ1) is 14.0. The number of hydrogen-bond acceptors (Lipinski definition) is 7. The van der Waals surface area contributed by atoms with Crippen molar-refractivity contribution in [3.63, 3.8) is 0 Å². The van der Waals surface area contributed by atoms with Crippen LogP contribution in [0.25, 0.3) is 21.9 Å². The molecule has 0 aliphatic heterocycles. The van der Waals surface area contributed by atoms with Crippen molar-refractivity contribution >= 4 is 39.2 Å². The number of carbonyl (C=O) groups is 1. The van der Waals surface area contributed by atoms with E-state index in [1.54, 1.807) is 36.8 Å². The molecular formula is C21H21N5O3. The number of aromatic nitrogens is 2. The summed E-state index contributed by atoms with van der Waals surface area (Å²) in [4.78, 5) is 23.1. The number of phenols is 1. The van der Waals surface area contributed by atoms with Crippen LogP contribution in [0.15, 0.2) is 53.3 Å². The van der Waals surface area contributed by atoms with Gasteiger partial charge in [-0.25, -0.2) is 0 Å². The molecule has 0 atom stereocenters. The van der Waals surface area contributed by atoms with Gasteiger partial charge in [0.2, 0.25) is 5.76 Å². The van der Waals surface area contributed by atoms with Crippen molar-refractivity contribution < 1.29 is 14.3 Å². The van der Waals surface area contributed by atoms with E-state index in [0.717, 1.165) is 10.8 Å². The average Bonchev–Trinajstić information content (AvgIpc) is 3.06. The highest BCUT2D eigenvalue weighted by Crippen LogP contribution is 2.33. The molecule has 4 aromatic rings. The Kier molecular flexibility index (Phi) is 5.01. The van der Waals surface area contributed by atoms with Gasteiger partial charge in [0, 0.05) is 30.1 Å². The number of aromatic hydroxyl groups is 1. The molecule has 0 aliphatic carbocycles. The van der Waals surface area contributed by atoms with E-state index in [1.165, 1.54) is 0 Å². The fourth-order valence-corrected chi connectivity index (χ4v) is 3.07. The number of hydrogen-bond donors (Lipinski definition) is 3. The second-order valence-electron chi connectivity index (χ2n) is 6.94. The van der Waals surface area contributed by atoms with Crippen molar-refractivity contribution in [1.29, 1.82) is 0 Å². The maximum absolute atomic E-state index is 12.7. The number of rotatable bonds is 6. The molecule has 0 radical (unpaired) electrons. The maximum atomic E-state index is 12.7. The average molecular weight is 391 g/mol. The molecule has 0 unspecified atom stereocenters. The Hall–Kier alpha value is -3.65. The normalized spacial score (nSPS) is 11.3. The minimum atomic E-state index is -0.308. The highest BCUT2D eigenvalue weighted by atomic mass is 16.3. The fourth-order valence-electron chi connectivity index (χ4n) is 3.07. The number of amides is 1. The van der Waals surface area contributed by atoms with Gasteiger partial charge < -0.3 is 25.1 Å². The summed E-state index contributed by atoms with van der Waals surface area (Å²) in [6.45, 7) is 1.21. The molecule has 3 N–H and O–H groups in total. The smallest absolute Gasteiger partial charge is 0.289 e. The highest BCUT2D eigenvalue weighted by Gasteiger charge is 2.21. The second kappa shape index (κ2) is 7.76. The summed E-state index contributed by atoms with van der Waals surface area (Å²) in [6, 6.07) is 8.86. The lowest BCUT2D eigenvalue weighted by Gasteiger charge is -2.11. The molecule has 0 aliphatic rings. The molecule has 1 aromatic carbocycles. The summed E-state index contributed by atoms with van der Waals surface area (Å²) in [5, 5.41) is 17.6. The van der Waals surface area contributed by atoms with E-state index >= 15 is 0 Å². The van der Waals surface area contributed by atoms with Gasteiger partial charge in [0.05, 0.1) is 23.8 Å². The highest BCUT2D eigenvalue weighted by molar-refractivity contribution is 6.07. The topological polar surface area (TPSA) is 104 Å². The van der Waals surface area contributed by atoms with Gasteiger partial charge in [-0.3, -0.25) is 14.8 Å². The van der Waals surface area contributed by atoms with Crippen LogP contribution in [-0.2, 0) is 0 Å². The summed E-state index contributed by atoms with van der Waals surface area (Å²) in [5.41, 5.74) is 2.25. The third-order valence-electron chi connectivity index (χ3n) is 4.50. The summed E-state index contributed by atoms with van der Waals surface area (Å²) in [5.74, 6) is -0.00505. The van der Waals surface area contributed by atoms with Crippen molar-refractivity contribution in [3.8, 4) is 5.75 Å². The monoisotopic (exact) mass is 391 g/mol. The lowest BCUT2D eigenvalue weighted by Crippen LogP contribution is -2.31. The Morgan fingerprint density at radius 3 is 2.93 bits per heavy atom. The van der Waals surface area contributed by atoms with Crippen molar-refractivity contribution in [2.75, 3.05) is 32.5 Å². The molecule has 29 heavy (non-hydrogen) atoms. The molecule has 0 saturated heterocycles. The van der Waals surface area contributed by atoms with E-state index < -0.39 is 0 Å². The van der Waals surface area contributed by atoms with Crippen LogP contribution in [0.4, 0.5) is 11.4 Å². The molecular weight excluding hydrogens is 370 g/mol. The van der Waals surface area contributed by atoms with Gasteiger partial charge in [-0.1, -0.05) is 12.1 Å². The van der Waals surface area contributed by atoms with Gasteiger partial charge in [0.25, 0.3) is 5.91 Å². The summed E-state index contributed by atoms with van der Waals surface area (Å²) < 4.78 is 5.79. The van der Waals surface area contributed by atoms with Crippen LogP contribution < -0.4 is 10.6 Å². The van der Waals surface area contributed by atoms with E-state index in [-0.39, 0.29) is 17.4 Å². The van der Waals surface area contributed by atoms with Crippen LogP contribution in [0.2, 0.25) is 0 Å². The first-order valence-electron chi connectivity index (χ1n) is 9.17. The van der Waals surface area contributed by atoms with Crippen molar-refractivity contribution in [3.05, 3.63) is 54.7 Å². The molecule has 3 heterocycles. The third-order valence-corrected chi connectivity index (χ3v) is 4.50. The maximum Gasteiger partial charge on any atom is 0.289 e. The van der Waals surface area contributed by atoms with E-state index in [4.69, 9.17) is 4.42 Å². The second-order valence-corrected chi connectivity index (χ2v) is 6.94. The lowest BCUT2D eigenvalue weighted by molar-refractivity contribution is 0.0926. The molecule has 0 bridgehead atoms. The van der Waals surface area contributed by atoms with Gasteiger partial charge >= 0.3 is 0 Å². The Balaban J connectivity index is 1.69. The zero-order chi connectivity index (χ0) is 20.4. The van der Waals surface area contributed by atoms with Crippen LogP contribution >= 0.6 is 0 Å². The lowest BCUT2D eigenvalue weighted by atomic mass is 10.2. The zero-order valence-corrected chi connectivity index (χ0v) is 16.1. The van der Waals surface area contributed by atoms with Gasteiger partial charge in [-0.05, 0) is 32.3 Å². The molecule has 3 aromatic heterocycles. The Bertz CT molecular complexity index is 1190. The van der Waals surface area contributed by atoms with Gasteiger partial charge in [0.1, 0.15) is 11.3 Å². The number of para-hydroxylation sites is 1. The van der Waals surface area contributed by atoms with E-state index in [9.17, 15) is 9.90 Å². The predicted molar refractivity (Wildman–Crippen MR) is 112 cm³/mol. The molecule has 0 spiro atoms. The number of pyridine rings is 2. The van der Waals surface area contributed by atoms with Crippen LogP contribution in [-0.4, -0.2) is 53.1 Å². The van der Waals surface area contributed by atoms with Gasteiger partial charge in [0.15, 0.2) is 5.58 Å². The molecule has 148 valence electrons. The van der Waals surface area contributed by atoms with E-state index in [1.807, 2.05) is 31.1 Å². The molecule has 0 saturated carbocycles. The van der Waals surface area contributed by atoms with Gasteiger partial charge in [-0.15, -0.1) is 0 Å². The van der Waals surface area contributed by atoms with Crippen LogP contribution in [0.3, 0.4) is 0 Å². The van der Waals surface area contributed by atoms with Crippen LogP contribution in [0.5, 0.6) is 5.75 Å². The zero-order valence-electron chi connectivity index (χ0n) is 16.1. The minimum Gasteiger partial charge on any atom is -0.506 e. The quantitative estimate of drug-likeness (QED) is 0.464. The van der Waals surface area contributed by atoms with E-state index in [2.05, 4.69) is 20.6 Å². The standard InChI is InChI=1S/C21H21N5O3/c1-26(2)9-8-23-21(28)20-19(15-6-7-22-12-17(15)29-20)25-14-10-13-4-3-5-16(27)18(13)24-11-14/h3-7,10-12,25,27H,8-9H2,1-2H3,(H,23,28). The number of nitrogens with one attached hydrogen (secondary N) is 2. The van der Waals surface area contributed by atoms with Crippen LogP contribution in [0.1, 0.15) is 10.6 Å². The number of anilines is 2. The molecule has 4 rings (SSSR count). The molecule has 1 amide bonds. The number of likely N-dealkylation sites (N-methyl/N-ethyl adjacent to an activating group) is 1. The molecule has 8 heteroatoms. The molecule has 8 nitrogen and oxygen atoms in total. The Labute approximate surface area is 167 Å². The summed E-state index contributed by atoms with van der Waals surface area (Å²) in [6.07, 6.45) is 4.83. The van der Waals surface area contributed by atoms with Crippen molar-refractivity contribution in [1.82, 2.24) is 20.2 Å². The SMILES string of the molecule is CN(C)CCNC(=O)c1oc2cnccc2c1Nc1cnc2c(O)cccc2c1.